The first-order chi connectivity index (χ1) is 9.47. The van der Waals surface area contributed by atoms with Crippen LogP contribution in [0.1, 0.15) is 31.1 Å². The van der Waals surface area contributed by atoms with Crippen LogP contribution < -0.4 is 16.8 Å². The lowest BCUT2D eigenvalue weighted by Crippen LogP contribution is -2.18. The molecule has 0 aliphatic carbocycles. The Bertz CT molecular complexity index is 646. The number of aromatic amines is 1. The van der Waals surface area contributed by atoms with Gasteiger partial charge in [0.2, 0.25) is 11.8 Å². The number of amides is 3. The summed E-state index contributed by atoms with van der Waals surface area (Å²) in [5.41, 5.74) is 11.0. The van der Waals surface area contributed by atoms with Crippen molar-refractivity contribution in [2.24, 2.45) is 11.5 Å². The van der Waals surface area contributed by atoms with E-state index in [4.69, 9.17) is 11.5 Å². The highest BCUT2D eigenvalue weighted by Gasteiger charge is 2.12. The summed E-state index contributed by atoms with van der Waals surface area (Å²) >= 11 is 0. The van der Waals surface area contributed by atoms with Gasteiger partial charge in [-0.1, -0.05) is 0 Å². The van der Waals surface area contributed by atoms with Crippen LogP contribution >= 0.6 is 0 Å². The van der Waals surface area contributed by atoms with E-state index in [2.05, 4.69) is 15.5 Å². The molecule has 1 aromatic heterocycles. The molecular formula is C12H11N5O3. The molecule has 1 heterocycles. The molecular weight excluding hydrogens is 262 g/mol. The van der Waals surface area contributed by atoms with E-state index < -0.39 is 17.7 Å². The Morgan fingerprint density at radius 1 is 1.00 bits per heavy atom. The van der Waals surface area contributed by atoms with Gasteiger partial charge in [-0.15, -0.1) is 0 Å². The summed E-state index contributed by atoms with van der Waals surface area (Å²) in [5.74, 6) is -1.91. The van der Waals surface area contributed by atoms with Crippen molar-refractivity contribution in [2.45, 2.75) is 0 Å². The predicted molar refractivity (Wildman–Crippen MR) is 70.0 cm³/mol. The number of hydrogen-bond donors (Lipinski definition) is 4. The lowest BCUT2D eigenvalue weighted by molar-refractivity contribution is 0.0994. The summed E-state index contributed by atoms with van der Waals surface area (Å²) in [6, 6.07) is 3.97. The Labute approximate surface area is 113 Å². The van der Waals surface area contributed by atoms with Gasteiger partial charge >= 0.3 is 0 Å². The van der Waals surface area contributed by atoms with Gasteiger partial charge in [0.15, 0.2) is 0 Å². The number of aromatic nitrogens is 2. The van der Waals surface area contributed by atoms with Crippen LogP contribution in [-0.4, -0.2) is 27.9 Å². The molecule has 8 heteroatoms. The molecule has 102 valence electrons. The molecule has 2 rings (SSSR count). The Morgan fingerprint density at radius 3 is 2.05 bits per heavy atom. The second-order valence-electron chi connectivity index (χ2n) is 3.97. The van der Waals surface area contributed by atoms with Crippen LogP contribution in [0.4, 0.5) is 5.69 Å². The van der Waals surface area contributed by atoms with Gasteiger partial charge in [0.1, 0.15) is 0 Å². The van der Waals surface area contributed by atoms with Crippen molar-refractivity contribution >= 4 is 23.4 Å². The number of nitrogens with zero attached hydrogens (tertiary/aromatic N) is 1. The quantitative estimate of drug-likeness (QED) is 0.614. The van der Waals surface area contributed by atoms with E-state index in [1.165, 1.54) is 30.6 Å². The number of benzene rings is 1. The highest BCUT2D eigenvalue weighted by Crippen LogP contribution is 2.15. The third kappa shape index (κ3) is 2.80. The van der Waals surface area contributed by atoms with Crippen molar-refractivity contribution in [3.05, 3.63) is 47.3 Å². The van der Waals surface area contributed by atoms with Gasteiger partial charge in [0, 0.05) is 23.0 Å². The predicted octanol–water partition coefficient (Wildman–Crippen LogP) is -0.140. The third-order valence-corrected chi connectivity index (χ3v) is 2.52. The van der Waals surface area contributed by atoms with Crippen LogP contribution in [0.5, 0.6) is 0 Å². The van der Waals surface area contributed by atoms with Crippen LogP contribution in [-0.2, 0) is 0 Å². The maximum Gasteiger partial charge on any atom is 0.258 e. The average Bonchev–Trinajstić information content (AvgIpc) is 2.92. The highest BCUT2D eigenvalue weighted by atomic mass is 16.2. The molecule has 0 bridgehead atoms. The van der Waals surface area contributed by atoms with Crippen LogP contribution in [0, 0.1) is 0 Å². The van der Waals surface area contributed by atoms with Crippen molar-refractivity contribution < 1.29 is 14.4 Å². The summed E-state index contributed by atoms with van der Waals surface area (Å²) in [5, 5.41) is 8.66. The molecule has 8 nitrogen and oxygen atoms in total. The molecule has 0 aliphatic heterocycles. The van der Waals surface area contributed by atoms with Crippen LogP contribution in [0.15, 0.2) is 30.6 Å². The van der Waals surface area contributed by atoms with Crippen LogP contribution in [0.3, 0.4) is 0 Å². The second kappa shape index (κ2) is 5.22. The molecule has 20 heavy (non-hydrogen) atoms. The van der Waals surface area contributed by atoms with E-state index >= 15 is 0 Å². The van der Waals surface area contributed by atoms with Crippen molar-refractivity contribution in [2.75, 3.05) is 5.32 Å². The SMILES string of the molecule is NC(=O)c1cc(NC(=O)c2cn[nH]c2)cc(C(N)=O)c1. The number of primary amides is 2. The van der Waals surface area contributed by atoms with Gasteiger partial charge < -0.3 is 16.8 Å². The van der Waals surface area contributed by atoms with Crippen LogP contribution in [0.2, 0.25) is 0 Å². The van der Waals surface area contributed by atoms with Gasteiger partial charge in [-0.25, -0.2) is 0 Å². The number of hydrogen-bond acceptors (Lipinski definition) is 4. The van der Waals surface area contributed by atoms with E-state index in [9.17, 15) is 14.4 Å². The molecule has 0 fully saturated rings. The Hall–Kier alpha value is -3.16. The largest absolute Gasteiger partial charge is 0.366 e. The van der Waals surface area contributed by atoms with Crippen molar-refractivity contribution in [1.29, 1.82) is 0 Å². The van der Waals surface area contributed by atoms with E-state index in [1.54, 1.807) is 0 Å². The normalized spacial score (nSPS) is 10.0. The molecule has 1 aromatic carbocycles. The monoisotopic (exact) mass is 273 g/mol. The minimum absolute atomic E-state index is 0.0730. The number of nitrogens with one attached hydrogen (secondary N) is 2. The van der Waals surface area contributed by atoms with Gasteiger partial charge in [-0.05, 0) is 18.2 Å². The minimum atomic E-state index is -0.730. The van der Waals surface area contributed by atoms with Crippen molar-refractivity contribution in [3.63, 3.8) is 0 Å². The lowest BCUT2D eigenvalue weighted by atomic mass is 10.1. The summed E-state index contributed by atoms with van der Waals surface area (Å²) in [6.07, 6.45) is 2.74. The zero-order valence-corrected chi connectivity index (χ0v) is 10.2. The molecule has 0 aliphatic rings. The topological polar surface area (TPSA) is 144 Å². The zero-order chi connectivity index (χ0) is 14.7. The zero-order valence-electron chi connectivity index (χ0n) is 10.2. The highest BCUT2D eigenvalue weighted by molar-refractivity contribution is 6.06. The van der Waals surface area contributed by atoms with Gasteiger partial charge in [-0.3, -0.25) is 19.5 Å². The number of nitrogens with two attached hydrogens (primary N) is 2. The average molecular weight is 273 g/mol. The Morgan fingerprint density at radius 2 is 1.60 bits per heavy atom. The van der Waals surface area contributed by atoms with E-state index in [0.717, 1.165) is 0 Å². The fraction of sp³-hybridized carbons (Fsp3) is 0. The maximum atomic E-state index is 11.8. The number of H-pyrrole nitrogens is 1. The Balaban J connectivity index is 2.33. The number of carbonyl (C=O) groups is 3. The maximum absolute atomic E-state index is 11.8. The summed E-state index contributed by atoms with van der Waals surface area (Å²) < 4.78 is 0. The molecule has 0 saturated heterocycles. The smallest absolute Gasteiger partial charge is 0.258 e. The summed E-state index contributed by atoms with van der Waals surface area (Å²) in [6.45, 7) is 0. The van der Waals surface area contributed by atoms with Crippen LogP contribution in [0.25, 0.3) is 0 Å². The summed E-state index contributed by atoms with van der Waals surface area (Å²) in [4.78, 5) is 34.2. The Kier molecular flexibility index (Phi) is 3.47. The van der Waals surface area contributed by atoms with E-state index in [-0.39, 0.29) is 16.8 Å². The fourth-order valence-corrected chi connectivity index (χ4v) is 1.56. The summed E-state index contributed by atoms with van der Waals surface area (Å²) in [7, 11) is 0. The molecule has 0 saturated carbocycles. The second-order valence-corrected chi connectivity index (χ2v) is 3.97. The van der Waals surface area contributed by atoms with Gasteiger partial charge in [0.25, 0.3) is 5.91 Å². The first-order valence-corrected chi connectivity index (χ1v) is 5.52. The standard InChI is InChI=1S/C12H11N5O3/c13-10(18)6-1-7(11(14)19)3-9(2-6)17-12(20)8-4-15-16-5-8/h1-5H,(H2,13,18)(H2,14,19)(H,15,16)(H,17,20). The number of carbonyl (C=O) groups excluding carboxylic acids is 3. The van der Waals surface area contributed by atoms with Crippen molar-refractivity contribution in [1.82, 2.24) is 10.2 Å². The first kappa shape index (κ1) is 13.3. The minimum Gasteiger partial charge on any atom is -0.366 e. The van der Waals surface area contributed by atoms with Gasteiger partial charge in [-0.2, -0.15) is 5.10 Å². The lowest BCUT2D eigenvalue weighted by Gasteiger charge is -2.07. The fourth-order valence-electron chi connectivity index (χ4n) is 1.56. The third-order valence-electron chi connectivity index (χ3n) is 2.52. The molecule has 2 aromatic rings. The molecule has 3 amide bonds. The van der Waals surface area contributed by atoms with Crippen molar-refractivity contribution in [3.8, 4) is 0 Å². The first-order valence-electron chi connectivity index (χ1n) is 5.52. The number of anilines is 1. The van der Waals surface area contributed by atoms with E-state index in [1.807, 2.05) is 0 Å². The van der Waals surface area contributed by atoms with Gasteiger partial charge in [0.05, 0.1) is 11.8 Å². The molecule has 0 atom stereocenters. The molecule has 0 unspecified atom stereocenters. The molecule has 0 spiro atoms. The van der Waals surface area contributed by atoms with E-state index in [0.29, 0.717) is 5.56 Å². The molecule has 0 radical (unpaired) electrons. The number of rotatable bonds is 4. The molecule has 6 N–H and O–H groups in total.